The predicted octanol–water partition coefficient (Wildman–Crippen LogP) is 1.31. The maximum atomic E-state index is 13.1. The van der Waals surface area contributed by atoms with Gasteiger partial charge in [-0.3, -0.25) is 4.79 Å². The number of hydrogen-bond acceptors (Lipinski definition) is 2. The lowest BCUT2D eigenvalue weighted by Crippen LogP contribution is -2.23. The van der Waals surface area contributed by atoms with Gasteiger partial charge in [0.05, 0.1) is 12.2 Å². The van der Waals surface area contributed by atoms with E-state index in [2.05, 4.69) is 17.2 Å². The minimum Gasteiger partial charge on any atom is -0.395 e. The van der Waals surface area contributed by atoms with E-state index in [1.165, 1.54) is 12.1 Å². The van der Waals surface area contributed by atoms with Gasteiger partial charge in [0, 0.05) is 18.5 Å². The van der Waals surface area contributed by atoms with E-state index in [4.69, 9.17) is 5.11 Å². The van der Waals surface area contributed by atoms with Gasteiger partial charge in [-0.2, -0.15) is 0 Å². The van der Waals surface area contributed by atoms with E-state index >= 15 is 0 Å². The molecule has 90 valence electrons. The van der Waals surface area contributed by atoms with Crippen molar-refractivity contribution in [2.24, 2.45) is 0 Å². The van der Waals surface area contributed by atoms with Crippen molar-refractivity contribution in [2.75, 3.05) is 13.2 Å². The molecule has 0 radical (unpaired) electrons. The Labute approximate surface area is 99.7 Å². The van der Waals surface area contributed by atoms with E-state index in [-0.39, 0.29) is 18.1 Å². The molecule has 0 unspecified atom stereocenters. The molecule has 0 aliphatic carbocycles. The standard InChI is InChI=1S/C13H14FNO2/c1-2-15-13(17)12-9-11(14)7-6-10(12)5-3-4-8-16/h6-7,9,16H,2,4,8H2,1H3,(H,15,17). The first-order valence-electron chi connectivity index (χ1n) is 5.36. The third kappa shape index (κ3) is 3.89. The molecule has 17 heavy (non-hydrogen) atoms. The van der Waals surface area contributed by atoms with Crippen LogP contribution >= 0.6 is 0 Å². The molecule has 4 heteroatoms. The van der Waals surface area contributed by atoms with Crippen LogP contribution in [0.1, 0.15) is 29.3 Å². The Morgan fingerprint density at radius 3 is 2.94 bits per heavy atom. The summed E-state index contributed by atoms with van der Waals surface area (Å²) in [5.41, 5.74) is 0.683. The van der Waals surface area contributed by atoms with Crippen LogP contribution in [-0.2, 0) is 0 Å². The summed E-state index contributed by atoms with van der Waals surface area (Å²) in [6, 6.07) is 3.88. The number of amides is 1. The number of aliphatic hydroxyl groups is 1. The molecule has 0 saturated heterocycles. The fraction of sp³-hybridized carbons (Fsp3) is 0.308. The molecule has 1 aromatic carbocycles. The smallest absolute Gasteiger partial charge is 0.252 e. The van der Waals surface area contributed by atoms with Crippen molar-refractivity contribution in [3.63, 3.8) is 0 Å². The average molecular weight is 235 g/mol. The van der Waals surface area contributed by atoms with Crippen molar-refractivity contribution in [2.45, 2.75) is 13.3 Å². The third-order valence-corrected chi connectivity index (χ3v) is 2.02. The van der Waals surface area contributed by atoms with E-state index in [1.54, 1.807) is 6.92 Å². The van der Waals surface area contributed by atoms with Gasteiger partial charge >= 0.3 is 0 Å². The van der Waals surface area contributed by atoms with Crippen molar-refractivity contribution >= 4 is 5.91 Å². The molecule has 0 atom stereocenters. The lowest BCUT2D eigenvalue weighted by Gasteiger charge is -2.04. The summed E-state index contributed by atoms with van der Waals surface area (Å²) in [5, 5.41) is 11.2. The molecule has 1 amide bonds. The van der Waals surface area contributed by atoms with Crippen LogP contribution in [0.5, 0.6) is 0 Å². The molecule has 1 aromatic rings. The monoisotopic (exact) mass is 235 g/mol. The third-order valence-electron chi connectivity index (χ3n) is 2.02. The summed E-state index contributed by atoms with van der Waals surface area (Å²) in [6.45, 7) is 2.22. The number of carbonyl (C=O) groups is 1. The summed E-state index contributed by atoms with van der Waals surface area (Å²) in [6.07, 6.45) is 0.326. The van der Waals surface area contributed by atoms with Crippen molar-refractivity contribution in [3.05, 3.63) is 35.1 Å². The van der Waals surface area contributed by atoms with Gasteiger partial charge in [0.2, 0.25) is 0 Å². The zero-order valence-corrected chi connectivity index (χ0v) is 9.59. The molecule has 1 rings (SSSR count). The fourth-order valence-electron chi connectivity index (χ4n) is 1.28. The van der Waals surface area contributed by atoms with E-state index in [0.717, 1.165) is 6.07 Å². The molecule has 0 aliphatic rings. The van der Waals surface area contributed by atoms with E-state index in [1.807, 2.05) is 0 Å². The summed E-state index contributed by atoms with van der Waals surface area (Å²) in [7, 11) is 0. The van der Waals surface area contributed by atoms with Crippen LogP contribution in [0.15, 0.2) is 18.2 Å². The quantitative estimate of drug-likeness (QED) is 0.776. The van der Waals surface area contributed by atoms with Crippen LogP contribution in [0.25, 0.3) is 0 Å². The molecule has 0 aromatic heterocycles. The van der Waals surface area contributed by atoms with E-state index in [0.29, 0.717) is 18.5 Å². The Morgan fingerprint density at radius 1 is 1.53 bits per heavy atom. The Bertz CT molecular complexity index is 460. The molecular formula is C13H14FNO2. The Hall–Kier alpha value is -1.86. The topological polar surface area (TPSA) is 49.3 Å². The fourth-order valence-corrected chi connectivity index (χ4v) is 1.28. The molecule has 0 spiro atoms. The first-order chi connectivity index (χ1) is 8.19. The van der Waals surface area contributed by atoms with Crippen molar-refractivity contribution in [1.29, 1.82) is 0 Å². The number of carbonyl (C=O) groups excluding carboxylic acids is 1. The second kappa shape index (κ2) is 6.66. The minimum absolute atomic E-state index is 0.0370. The predicted molar refractivity (Wildman–Crippen MR) is 63.0 cm³/mol. The van der Waals surface area contributed by atoms with Crippen molar-refractivity contribution in [1.82, 2.24) is 5.32 Å². The summed E-state index contributed by atoms with van der Waals surface area (Å²) >= 11 is 0. The van der Waals surface area contributed by atoms with Gasteiger partial charge < -0.3 is 10.4 Å². The molecule has 0 fully saturated rings. The summed E-state index contributed by atoms with van der Waals surface area (Å²) < 4.78 is 13.1. The van der Waals surface area contributed by atoms with Gasteiger partial charge in [-0.05, 0) is 25.1 Å². The molecule has 0 heterocycles. The molecule has 0 saturated carbocycles. The molecule has 0 bridgehead atoms. The van der Waals surface area contributed by atoms with E-state index in [9.17, 15) is 9.18 Å². The number of hydrogen-bond donors (Lipinski definition) is 2. The zero-order valence-electron chi connectivity index (χ0n) is 9.59. The maximum absolute atomic E-state index is 13.1. The van der Waals surface area contributed by atoms with Crippen LogP contribution in [0.2, 0.25) is 0 Å². The highest BCUT2D eigenvalue weighted by Gasteiger charge is 2.10. The second-order valence-corrected chi connectivity index (χ2v) is 3.32. The van der Waals surface area contributed by atoms with E-state index < -0.39 is 5.82 Å². The number of nitrogens with one attached hydrogen (secondary N) is 1. The first kappa shape index (κ1) is 13.2. The highest BCUT2D eigenvalue weighted by Crippen LogP contribution is 2.10. The Kier molecular flexibility index (Phi) is 5.18. The highest BCUT2D eigenvalue weighted by atomic mass is 19.1. The van der Waals surface area contributed by atoms with Gasteiger partial charge in [0.15, 0.2) is 0 Å². The van der Waals surface area contributed by atoms with Crippen LogP contribution in [0.3, 0.4) is 0 Å². The van der Waals surface area contributed by atoms with Gasteiger partial charge in [-0.15, -0.1) is 0 Å². The maximum Gasteiger partial charge on any atom is 0.252 e. The average Bonchev–Trinajstić information content (AvgIpc) is 2.31. The van der Waals surface area contributed by atoms with Gasteiger partial charge in [-0.1, -0.05) is 11.8 Å². The highest BCUT2D eigenvalue weighted by molar-refractivity contribution is 5.96. The number of aliphatic hydroxyl groups excluding tert-OH is 1. The van der Waals surface area contributed by atoms with Crippen molar-refractivity contribution in [3.8, 4) is 11.8 Å². The Balaban J connectivity index is 3.04. The first-order valence-corrected chi connectivity index (χ1v) is 5.36. The van der Waals surface area contributed by atoms with Gasteiger partial charge in [-0.25, -0.2) is 4.39 Å². The van der Waals surface area contributed by atoms with Crippen LogP contribution in [-0.4, -0.2) is 24.2 Å². The number of halogens is 1. The van der Waals surface area contributed by atoms with Crippen molar-refractivity contribution < 1.29 is 14.3 Å². The normalized spacial score (nSPS) is 9.35. The van der Waals surface area contributed by atoms with Gasteiger partial charge in [0.1, 0.15) is 5.82 Å². The second-order valence-electron chi connectivity index (χ2n) is 3.32. The van der Waals surface area contributed by atoms with Crippen LogP contribution in [0.4, 0.5) is 4.39 Å². The zero-order chi connectivity index (χ0) is 12.7. The molecule has 2 N–H and O–H groups in total. The van der Waals surface area contributed by atoms with Crippen LogP contribution in [0, 0.1) is 17.7 Å². The Morgan fingerprint density at radius 2 is 2.29 bits per heavy atom. The number of benzene rings is 1. The minimum atomic E-state index is -0.473. The lowest BCUT2D eigenvalue weighted by atomic mass is 10.1. The van der Waals surface area contributed by atoms with Gasteiger partial charge in [0.25, 0.3) is 5.91 Å². The summed E-state index contributed by atoms with van der Waals surface area (Å²) in [5.74, 6) is 4.63. The lowest BCUT2D eigenvalue weighted by molar-refractivity contribution is 0.0955. The largest absolute Gasteiger partial charge is 0.395 e. The molecular weight excluding hydrogens is 221 g/mol. The molecule has 0 aliphatic heterocycles. The molecule has 3 nitrogen and oxygen atoms in total. The SMILES string of the molecule is CCNC(=O)c1cc(F)ccc1C#CCCO. The number of rotatable bonds is 3. The summed E-state index contributed by atoms with van der Waals surface area (Å²) in [4.78, 5) is 11.7. The van der Waals surface area contributed by atoms with Crippen LogP contribution < -0.4 is 5.32 Å².